The van der Waals surface area contributed by atoms with E-state index in [9.17, 15) is 9.90 Å². The number of halogens is 1. The highest BCUT2D eigenvalue weighted by molar-refractivity contribution is 14.1. The standard InChI is InChI=1S/C14H18INO2/c1-14(13(17)18)7-2-8-16(10-14)9-11-3-5-12(15)6-4-11/h3-6H,2,7-10H2,1H3,(H,17,18). The number of carbonyl (C=O) groups is 1. The molecule has 1 aliphatic heterocycles. The first-order valence-corrected chi connectivity index (χ1v) is 7.28. The summed E-state index contributed by atoms with van der Waals surface area (Å²) in [5, 5.41) is 9.29. The predicted octanol–water partition coefficient (Wildman–Crippen LogP) is 2.98. The normalized spacial score (nSPS) is 25.0. The van der Waals surface area contributed by atoms with Gasteiger partial charge in [-0.1, -0.05) is 12.1 Å². The molecule has 1 atom stereocenters. The first-order valence-electron chi connectivity index (χ1n) is 6.20. The topological polar surface area (TPSA) is 40.5 Å². The maximum Gasteiger partial charge on any atom is 0.310 e. The molecule has 0 spiro atoms. The number of hydrogen-bond acceptors (Lipinski definition) is 2. The molecule has 4 heteroatoms. The van der Waals surface area contributed by atoms with Crippen LogP contribution in [0.1, 0.15) is 25.3 Å². The summed E-state index contributed by atoms with van der Waals surface area (Å²) in [6.45, 7) is 4.35. The van der Waals surface area contributed by atoms with Crippen molar-refractivity contribution in [3.05, 3.63) is 33.4 Å². The molecule has 0 saturated carbocycles. The fourth-order valence-electron chi connectivity index (χ4n) is 2.50. The Hall–Kier alpha value is -0.620. The van der Waals surface area contributed by atoms with Crippen molar-refractivity contribution in [3.8, 4) is 0 Å². The summed E-state index contributed by atoms with van der Waals surface area (Å²) in [6.07, 6.45) is 1.75. The third-order valence-corrected chi connectivity index (χ3v) is 4.33. The van der Waals surface area contributed by atoms with Gasteiger partial charge in [0.25, 0.3) is 0 Å². The largest absolute Gasteiger partial charge is 0.481 e. The zero-order valence-electron chi connectivity index (χ0n) is 10.5. The van der Waals surface area contributed by atoms with Gasteiger partial charge >= 0.3 is 5.97 Å². The van der Waals surface area contributed by atoms with Crippen LogP contribution in [0, 0.1) is 8.99 Å². The minimum absolute atomic E-state index is 0.582. The molecular formula is C14H18INO2. The number of rotatable bonds is 3. The Kier molecular flexibility index (Phi) is 4.27. The summed E-state index contributed by atoms with van der Waals surface area (Å²) in [6, 6.07) is 8.43. The Morgan fingerprint density at radius 2 is 2.11 bits per heavy atom. The van der Waals surface area contributed by atoms with E-state index in [4.69, 9.17) is 0 Å². The summed E-state index contributed by atoms with van der Waals surface area (Å²) in [5.74, 6) is -0.671. The van der Waals surface area contributed by atoms with E-state index in [-0.39, 0.29) is 0 Å². The molecule has 1 saturated heterocycles. The number of nitrogens with zero attached hydrogens (tertiary/aromatic N) is 1. The number of aliphatic carboxylic acids is 1. The maximum atomic E-state index is 11.3. The number of piperidine rings is 1. The average molecular weight is 359 g/mol. The van der Waals surface area contributed by atoms with Gasteiger partial charge in [-0.05, 0) is 66.6 Å². The van der Waals surface area contributed by atoms with Crippen molar-refractivity contribution in [1.82, 2.24) is 4.90 Å². The molecule has 0 aliphatic carbocycles. The molecule has 2 rings (SSSR count). The van der Waals surface area contributed by atoms with Crippen molar-refractivity contribution in [2.45, 2.75) is 26.3 Å². The SMILES string of the molecule is CC1(C(=O)O)CCCN(Cc2ccc(I)cc2)C1. The highest BCUT2D eigenvalue weighted by Crippen LogP contribution is 2.30. The van der Waals surface area contributed by atoms with Crippen LogP contribution in [0.4, 0.5) is 0 Å². The lowest BCUT2D eigenvalue weighted by Gasteiger charge is -2.37. The van der Waals surface area contributed by atoms with Crippen molar-refractivity contribution in [1.29, 1.82) is 0 Å². The highest BCUT2D eigenvalue weighted by atomic mass is 127. The van der Waals surface area contributed by atoms with Crippen LogP contribution in [0.3, 0.4) is 0 Å². The average Bonchev–Trinajstić information content (AvgIpc) is 2.32. The van der Waals surface area contributed by atoms with Crippen LogP contribution in [0.15, 0.2) is 24.3 Å². The second-order valence-corrected chi connectivity index (χ2v) is 6.55. The van der Waals surface area contributed by atoms with Crippen LogP contribution in [-0.4, -0.2) is 29.1 Å². The van der Waals surface area contributed by atoms with E-state index in [0.29, 0.717) is 6.54 Å². The maximum absolute atomic E-state index is 11.3. The highest BCUT2D eigenvalue weighted by Gasteiger charge is 2.37. The van der Waals surface area contributed by atoms with Gasteiger partial charge in [0.2, 0.25) is 0 Å². The molecule has 0 amide bonds. The van der Waals surface area contributed by atoms with Crippen LogP contribution in [0.2, 0.25) is 0 Å². The molecule has 1 aromatic rings. The first-order chi connectivity index (χ1) is 8.49. The molecule has 1 N–H and O–H groups in total. The minimum Gasteiger partial charge on any atom is -0.481 e. The van der Waals surface area contributed by atoms with Gasteiger partial charge in [0.1, 0.15) is 0 Å². The van der Waals surface area contributed by atoms with E-state index in [1.165, 1.54) is 9.13 Å². The molecular weight excluding hydrogens is 341 g/mol. The number of benzene rings is 1. The number of carboxylic acids is 1. The molecule has 0 radical (unpaired) electrons. The fourth-order valence-corrected chi connectivity index (χ4v) is 2.86. The molecule has 98 valence electrons. The lowest BCUT2D eigenvalue weighted by molar-refractivity contribution is -0.151. The predicted molar refractivity (Wildman–Crippen MR) is 79.4 cm³/mol. The van der Waals surface area contributed by atoms with Crippen molar-refractivity contribution in [2.24, 2.45) is 5.41 Å². The molecule has 1 aliphatic rings. The van der Waals surface area contributed by atoms with E-state index in [0.717, 1.165) is 25.9 Å². The summed E-state index contributed by atoms with van der Waals surface area (Å²) in [5.41, 5.74) is 0.673. The molecule has 1 fully saturated rings. The Labute approximate surface area is 121 Å². The molecule has 18 heavy (non-hydrogen) atoms. The number of carboxylic acid groups (broad SMARTS) is 1. The summed E-state index contributed by atoms with van der Waals surface area (Å²) in [7, 11) is 0. The summed E-state index contributed by atoms with van der Waals surface area (Å²) in [4.78, 5) is 13.5. The quantitative estimate of drug-likeness (QED) is 0.844. The van der Waals surface area contributed by atoms with Gasteiger partial charge in [0, 0.05) is 16.7 Å². The van der Waals surface area contributed by atoms with Crippen molar-refractivity contribution in [3.63, 3.8) is 0 Å². The molecule has 1 heterocycles. The van der Waals surface area contributed by atoms with Gasteiger partial charge in [-0.15, -0.1) is 0 Å². The molecule has 1 aromatic carbocycles. The van der Waals surface area contributed by atoms with Crippen molar-refractivity contribution in [2.75, 3.05) is 13.1 Å². The Balaban J connectivity index is 2.02. The fraction of sp³-hybridized carbons (Fsp3) is 0.500. The smallest absolute Gasteiger partial charge is 0.310 e. The van der Waals surface area contributed by atoms with Crippen molar-refractivity contribution >= 4 is 28.6 Å². The number of hydrogen-bond donors (Lipinski definition) is 1. The minimum atomic E-state index is -0.671. The van der Waals surface area contributed by atoms with Crippen molar-refractivity contribution < 1.29 is 9.90 Å². The third kappa shape index (κ3) is 3.23. The van der Waals surface area contributed by atoms with E-state index in [1.54, 1.807) is 0 Å². The Morgan fingerprint density at radius 3 is 2.72 bits per heavy atom. The second kappa shape index (κ2) is 5.57. The summed E-state index contributed by atoms with van der Waals surface area (Å²) < 4.78 is 1.23. The molecule has 0 aromatic heterocycles. The molecule has 1 unspecified atom stereocenters. The Morgan fingerprint density at radius 1 is 1.44 bits per heavy atom. The zero-order chi connectivity index (χ0) is 13.2. The third-order valence-electron chi connectivity index (χ3n) is 3.61. The van der Waals surface area contributed by atoms with Gasteiger partial charge in [0.05, 0.1) is 5.41 Å². The number of likely N-dealkylation sites (tertiary alicyclic amines) is 1. The van der Waals surface area contributed by atoms with Gasteiger partial charge in [-0.25, -0.2) is 0 Å². The summed E-state index contributed by atoms with van der Waals surface area (Å²) >= 11 is 2.29. The second-order valence-electron chi connectivity index (χ2n) is 5.31. The van der Waals surface area contributed by atoms with Crippen LogP contribution < -0.4 is 0 Å². The van der Waals surface area contributed by atoms with Crippen LogP contribution in [-0.2, 0) is 11.3 Å². The lowest BCUT2D eigenvalue weighted by atomic mass is 9.82. The van der Waals surface area contributed by atoms with E-state index >= 15 is 0 Å². The molecule has 3 nitrogen and oxygen atoms in total. The van der Waals surface area contributed by atoms with Gasteiger partial charge < -0.3 is 5.11 Å². The van der Waals surface area contributed by atoms with Gasteiger partial charge in [-0.3, -0.25) is 9.69 Å². The van der Waals surface area contributed by atoms with Crippen LogP contribution >= 0.6 is 22.6 Å². The van der Waals surface area contributed by atoms with Gasteiger partial charge in [0.15, 0.2) is 0 Å². The van der Waals surface area contributed by atoms with E-state index in [1.807, 2.05) is 6.92 Å². The molecule has 0 bridgehead atoms. The van der Waals surface area contributed by atoms with E-state index < -0.39 is 11.4 Å². The first kappa shape index (κ1) is 13.8. The lowest BCUT2D eigenvalue weighted by Crippen LogP contribution is -2.45. The Bertz CT molecular complexity index is 432. The zero-order valence-corrected chi connectivity index (χ0v) is 12.7. The van der Waals surface area contributed by atoms with Crippen LogP contribution in [0.5, 0.6) is 0 Å². The van der Waals surface area contributed by atoms with Crippen LogP contribution in [0.25, 0.3) is 0 Å². The van der Waals surface area contributed by atoms with E-state index in [2.05, 4.69) is 51.8 Å². The monoisotopic (exact) mass is 359 g/mol. The van der Waals surface area contributed by atoms with Gasteiger partial charge in [-0.2, -0.15) is 0 Å².